The van der Waals surface area contributed by atoms with Gasteiger partial charge in [0.25, 0.3) is 0 Å². The highest BCUT2D eigenvalue weighted by Crippen LogP contribution is 2.22. The number of hydrogen-bond donors (Lipinski definition) is 0. The predicted octanol–water partition coefficient (Wildman–Crippen LogP) is 1.37. The number of hydrogen-bond acceptors (Lipinski definition) is 5. The number of anilines is 1. The van der Waals surface area contributed by atoms with Crippen LogP contribution in [0.4, 0.5) is 10.1 Å². The van der Waals surface area contributed by atoms with Gasteiger partial charge in [-0.2, -0.15) is 0 Å². The van der Waals surface area contributed by atoms with Gasteiger partial charge in [0, 0.05) is 38.8 Å². The molecular weight excluding hydrogens is 369 g/mol. The highest BCUT2D eigenvalue weighted by molar-refractivity contribution is 7.91. The van der Waals surface area contributed by atoms with E-state index >= 15 is 0 Å². The maximum absolute atomic E-state index is 14.0. The molecule has 2 atom stereocenters. The summed E-state index contributed by atoms with van der Waals surface area (Å²) in [4.78, 5) is 18.8. The van der Waals surface area contributed by atoms with Gasteiger partial charge in [-0.1, -0.05) is 12.1 Å². The number of carbonyl (C=O) groups excluding carboxylic acids is 1. The molecule has 2 aliphatic heterocycles. The first-order valence-corrected chi connectivity index (χ1v) is 11.4. The topological polar surface area (TPSA) is 60.9 Å². The zero-order valence-electron chi connectivity index (χ0n) is 16.0. The summed E-state index contributed by atoms with van der Waals surface area (Å²) >= 11 is 0. The lowest BCUT2D eigenvalue weighted by Gasteiger charge is -2.40. The molecular formula is C19H28FN3O3S. The van der Waals surface area contributed by atoms with Crippen LogP contribution in [-0.4, -0.2) is 80.4 Å². The highest BCUT2D eigenvalue weighted by Gasteiger charge is 2.37. The number of carbonyl (C=O) groups is 1. The number of rotatable bonds is 5. The van der Waals surface area contributed by atoms with Gasteiger partial charge in [0.05, 0.1) is 23.2 Å². The lowest BCUT2D eigenvalue weighted by molar-refractivity contribution is -0.138. The molecule has 1 aromatic rings. The molecule has 150 valence electrons. The molecule has 0 spiro atoms. The van der Waals surface area contributed by atoms with E-state index < -0.39 is 9.84 Å². The third kappa shape index (κ3) is 4.43. The lowest BCUT2D eigenvalue weighted by Crippen LogP contribution is -2.56. The molecule has 0 aromatic heterocycles. The summed E-state index contributed by atoms with van der Waals surface area (Å²) in [6.45, 7) is 6.94. The van der Waals surface area contributed by atoms with Crippen molar-refractivity contribution in [3.05, 3.63) is 30.1 Å². The normalized spacial score (nSPS) is 24.0. The molecule has 3 rings (SSSR count). The second-order valence-electron chi connectivity index (χ2n) is 7.33. The van der Waals surface area contributed by atoms with E-state index in [0.717, 1.165) is 0 Å². The van der Waals surface area contributed by atoms with Crippen LogP contribution in [0, 0.1) is 5.82 Å². The van der Waals surface area contributed by atoms with Crippen LogP contribution in [0.1, 0.15) is 20.3 Å². The van der Waals surface area contributed by atoms with Gasteiger partial charge in [-0.15, -0.1) is 0 Å². The SMILES string of the molecule is CCN(C(=O)C(C)N1CCN(c2ccccc2F)CC1)C1CCS(=O)(=O)C1. The zero-order chi connectivity index (χ0) is 19.6. The van der Waals surface area contributed by atoms with Gasteiger partial charge in [-0.05, 0) is 32.4 Å². The van der Waals surface area contributed by atoms with Crippen molar-refractivity contribution in [1.29, 1.82) is 0 Å². The highest BCUT2D eigenvalue weighted by atomic mass is 32.2. The fourth-order valence-corrected chi connectivity index (χ4v) is 5.80. The Morgan fingerprint density at radius 1 is 1.26 bits per heavy atom. The second-order valence-corrected chi connectivity index (χ2v) is 9.56. The second kappa shape index (κ2) is 8.14. The molecule has 1 aromatic carbocycles. The third-order valence-electron chi connectivity index (χ3n) is 5.69. The third-order valence-corrected chi connectivity index (χ3v) is 7.44. The van der Waals surface area contributed by atoms with Crippen molar-refractivity contribution in [2.75, 3.05) is 49.1 Å². The monoisotopic (exact) mass is 397 g/mol. The molecule has 2 unspecified atom stereocenters. The number of benzene rings is 1. The molecule has 2 aliphatic rings. The van der Waals surface area contributed by atoms with Gasteiger partial charge >= 0.3 is 0 Å². The van der Waals surface area contributed by atoms with Gasteiger partial charge in [-0.25, -0.2) is 12.8 Å². The Morgan fingerprint density at radius 2 is 1.93 bits per heavy atom. The van der Waals surface area contributed by atoms with E-state index in [9.17, 15) is 17.6 Å². The zero-order valence-corrected chi connectivity index (χ0v) is 16.8. The first-order chi connectivity index (χ1) is 12.8. The van der Waals surface area contributed by atoms with Gasteiger partial charge < -0.3 is 9.80 Å². The smallest absolute Gasteiger partial charge is 0.239 e. The molecule has 0 N–H and O–H groups in total. The Morgan fingerprint density at radius 3 is 2.48 bits per heavy atom. The van der Waals surface area contributed by atoms with Crippen molar-refractivity contribution in [2.45, 2.75) is 32.4 Å². The van der Waals surface area contributed by atoms with E-state index in [-0.39, 0.29) is 35.3 Å². The minimum absolute atomic E-state index is 0.0149. The summed E-state index contributed by atoms with van der Waals surface area (Å²) < 4.78 is 37.5. The summed E-state index contributed by atoms with van der Waals surface area (Å²) in [5.41, 5.74) is 0.600. The minimum Gasteiger partial charge on any atom is -0.367 e. The van der Waals surface area contributed by atoms with Crippen molar-refractivity contribution < 1.29 is 17.6 Å². The standard InChI is InChI=1S/C19H28FN3O3S/c1-3-23(16-8-13-27(25,26)14-16)19(24)15(2)21-9-11-22(12-10-21)18-7-5-4-6-17(18)20/h4-7,15-16H,3,8-14H2,1-2H3. The molecule has 27 heavy (non-hydrogen) atoms. The quantitative estimate of drug-likeness (QED) is 0.751. The fraction of sp³-hybridized carbons (Fsp3) is 0.632. The number of amides is 1. The van der Waals surface area contributed by atoms with Crippen LogP contribution >= 0.6 is 0 Å². The molecule has 0 radical (unpaired) electrons. The van der Waals surface area contributed by atoms with Crippen LogP contribution < -0.4 is 4.90 Å². The Bertz CT molecular complexity index is 778. The molecule has 2 fully saturated rings. The van der Waals surface area contributed by atoms with Gasteiger partial charge in [-0.3, -0.25) is 9.69 Å². The van der Waals surface area contributed by atoms with Gasteiger partial charge in [0.15, 0.2) is 9.84 Å². The largest absolute Gasteiger partial charge is 0.367 e. The van der Waals surface area contributed by atoms with Crippen LogP contribution in [0.2, 0.25) is 0 Å². The maximum atomic E-state index is 14.0. The molecule has 2 saturated heterocycles. The summed E-state index contributed by atoms with van der Waals surface area (Å²) in [6.07, 6.45) is 0.524. The molecule has 2 heterocycles. The number of piperazine rings is 1. The average Bonchev–Trinajstić information content (AvgIpc) is 3.01. The Kier molecular flexibility index (Phi) is 6.05. The van der Waals surface area contributed by atoms with Crippen molar-refractivity contribution in [2.24, 2.45) is 0 Å². The Labute approximate surface area is 160 Å². The van der Waals surface area contributed by atoms with E-state index in [1.54, 1.807) is 17.0 Å². The van der Waals surface area contributed by atoms with E-state index in [1.165, 1.54) is 6.07 Å². The summed E-state index contributed by atoms with van der Waals surface area (Å²) in [5.74, 6) is -0.00839. The van der Waals surface area contributed by atoms with Crippen LogP contribution in [0.3, 0.4) is 0 Å². The molecule has 0 saturated carbocycles. The number of nitrogens with zero attached hydrogens (tertiary/aromatic N) is 3. The summed E-state index contributed by atoms with van der Waals surface area (Å²) in [6, 6.07) is 6.22. The number of sulfone groups is 1. The first kappa shape index (κ1) is 20.1. The molecule has 1 amide bonds. The molecule has 8 heteroatoms. The van der Waals surface area contributed by atoms with Crippen LogP contribution in [0.15, 0.2) is 24.3 Å². The number of likely N-dealkylation sites (N-methyl/N-ethyl adjacent to an activating group) is 1. The molecule has 0 bridgehead atoms. The Hall–Kier alpha value is -1.67. The number of para-hydroxylation sites is 1. The van der Waals surface area contributed by atoms with E-state index in [1.807, 2.05) is 24.8 Å². The minimum atomic E-state index is -3.03. The first-order valence-electron chi connectivity index (χ1n) is 9.57. The molecule has 6 nitrogen and oxygen atoms in total. The van der Waals surface area contributed by atoms with Crippen molar-refractivity contribution in [3.8, 4) is 0 Å². The summed E-state index contributed by atoms with van der Waals surface area (Å²) in [5, 5.41) is 0. The maximum Gasteiger partial charge on any atom is 0.239 e. The van der Waals surface area contributed by atoms with E-state index in [4.69, 9.17) is 0 Å². The van der Waals surface area contributed by atoms with Crippen molar-refractivity contribution in [1.82, 2.24) is 9.80 Å². The van der Waals surface area contributed by atoms with Crippen molar-refractivity contribution >= 4 is 21.4 Å². The van der Waals surface area contributed by atoms with E-state index in [2.05, 4.69) is 4.90 Å². The van der Waals surface area contributed by atoms with Gasteiger partial charge in [0.2, 0.25) is 5.91 Å². The summed E-state index contributed by atoms with van der Waals surface area (Å²) in [7, 11) is -3.03. The number of halogens is 1. The molecule has 0 aliphatic carbocycles. The van der Waals surface area contributed by atoms with Gasteiger partial charge in [0.1, 0.15) is 5.82 Å². The van der Waals surface area contributed by atoms with E-state index in [0.29, 0.717) is 44.8 Å². The fourth-order valence-electron chi connectivity index (χ4n) is 4.07. The Balaban J connectivity index is 1.60. The predicted molar refractivity (Wildman–Crippen MR) is 104 cm³/mol. The average molecular weight is 398 g/mol. The lowest BCUT2D eigenvalue weighted by atomic mass is 10.1. The van der Waals surface area contributed by atoms with Crippen molar-refractivity contribution in [3.63, 3.8) is 0 Å². The van der Waals surface area contributed by atoms with Crippen LogP contribution in [0.25, 0.3) is 0 Å². The van der Waals surface area contributed by atoms with Crippen LogP contribution in [0.5, 0.6) is 0 Å². The van der Waals surface area contributed by atoms with Crippen LogP contribution in [-0.2, 0) is 14.6 Å².